The number of fused-ring (bicyclic) bond motifs is 1. The Balaban J connectivity index is 1.49. The number of aryl methyl sites for hydroxylation is 2. The first-order valence-electron chi connectivity index (χ1n) is 8.51. The summed E-state index contributed by atoms with van der Waals surface area (Å²) in [6.07, 6.45) is 1.73. The molecule has 1 aliphatic heterocycles. The monoisotopic (exact) mass is 338 g/mol. The molecule has 0 radical (unpaired) electrons. The van der Waals surface area contributed by atoms with E-state index >= 15 is 0 Å². The molecule has 25 heavy (non-hydrogen) atoms. The summed E-state index contributed by atoms with van der Waals surface area (Å²) in [6, 6.07) is 11.0. The van der Waals surface area contributed by atoms with E-state index in [1.165, 1.54) is 17.2 Å². The van der Waals surface area contributed by atoms with E-state index in [0.717, 1.165) is 12.0 Å². The molecule has 2 N–H and O–H groups in total. The van der Waals surface area contributed by atoms with Crippen LogP contribution in [0.4, 0.5) is 15.8 Å². The van der Waals surface area contributed by atoms with Crippen molar-refractivity contribution in [3.63, 3.8) is 0 Å². The van der Waals surface area contributed by atoms with Gasteiger partial charge in [0.1, 0.15) is 5.82 Å². The summed E-state index contributed by atoms with van der Waals surface area (Å²) in [5, 5.41) is 5.39. The summed E-state index contributed by atoms with van der Waals surface area (Å²) in [4.78, 5) is 23.9. The lowest BCUT2D eigenvalue weighted by molar-refractivity contribution is -0.117. The first-order valence-corrected chi connectivity index (χ1v) is 8.51. The Hall–Kier alpha value is -2.69. The lowest BCUT2D eigenvalue weighted by Gasteiger charge is -2.18. The van der Waals surface area contributed by atoms with Gasteiger partial charge in [-0.3, -0.25) is 9.59 Å². The van der Waals surface area contributed by atoms with Crippen molar-refractivity contribution in [3.05, 3.63) is 58.9 Å². The number of nitrogens with one attached hydrogen (secondary N) is 2. The van der Waals surface area contributed by atoms with Crippen LogP contribution >= 0.6 is 0 Å². The molecule has 128 valence electrons. The Morgan fingerprint density at radius 2 is 2.04 bits per heavy atom. The highest BCUT2D eigenvalue weighted by atomic mass is 19.1. The van der Waals surface area contributed by atoms with Crippen LogP contribution in [-0.2, 0) is 16.0 Å². The molecule has 1 aliphatic carbocycles. The molecule has 0 aromatic heterocycles. The lowest BCUT2D eigenvalue weighted by atomic mass is 10.0. The molecule has 2 amide bonds. The van der Waals surface area contributed by atoms with Gasteiger partial charge in [0.15, 0.2) is 0 Å². The zero-order chi connectivity index (χ0) is 17.6. The van der Waals surface area contributed by atoms with E-state index in [9.17, 15) is 14.0 Å². The average molecular weight is 338 g/mol. The molecule has 0 spiro atoms. The van der Waals surface area contributed by atoms with E-state index in [0.29, 0.717) is 18.5 Å². The van der Waals surface area contributed by atoms with Crippen LogP contribution < -0.4 is 10.6 Å². The number of amides is 2. The zero-order valence-corrected chi connectivity index (χ0v) is 13.9. The summed E-state index contributed by atoms with van der Waals surface area (Å²) < 4.78 is 14.3. The third-order valence-electron chi connectivity index (χ3n) is 5.06. The van der Waals surface area contributed by atoms with Gasteiger partial charge in [-0.2, -0.15) is 0 Å². The standard InChI is InChI=1S/C20H19FN2O2/c1-11-4-2-3-5-13(11)14-9-15(14)20(25)23-18-8-12-6-7-19(24)22-17(12)10-16(18)21/h2-5,8,10,14-15H,6-7,9H2,1H3,(H,22,24)(H,23,25)/t14-,15+/m1/s1. The summed E-state index contributed by atoms with van der Waals surface area (Å²) in [6.45, 7) is 2.04. The number of carbonyl (C=O) groups is 2. The maximum atomic E-state index is 14.3. The molecule has 1 saturated carbocycles. The van der Waals surface area contributed by atoms with Crippen LogP contribution in [0.5, 0.6) is 0 Å². The minimum absolute atomic E-state index is 0.109. The molecule has 2 aromatic rings. The number of carbonyl (C=O) groups excluding carboxylic acids is 2. The SMILES string of the molecule is Cc1ccccc1[C@H]1C[C@@H]1C(=O)Nc1cc2c(cc1F)NC(=O)CC2. The molecule has 0 bridgehead atoms. The van der Waals surface area contributed by atoms with Gasteiger partial charge >= 0.3 is 0 Å². The molecular weight excluding hydrogens is 319 g/mol. The molecule has 1 fully saturated rings. The fourth-order valence-electron chi connectivity index (χ4n) is 3.55. The van der Waals surface area contributed by atoms with Crippen LogP contribution in [0, 0.1) is 18.7 Å². The number of anilines is 2. The quantitative estimate of drug-likeness (QED) is 0.895. The van der Waals surface area contributed by atoms with Gasteiger partial charge in [0.25, 0.3) is 0 Å². The maximum Gasteiger partial charge on any atom is 0.228 e. The van der Waals surface area contributed by atoms with Crippen LogP contribution in [0.3, 0.4) is 0 Å². The van der Waals surface area contributed by atoms with Gasteiger partial charge < -0.3 is 10.6 Å². The predicted molar refractivity (Wildman–Crippen MR) is 94.0 cm³/mol. The molecule has 2 aliphatic rings. The largest absolute Gasteiger partial charge is 0.326 e. The molecule has 4 rings (SSSR count). The maximum absolute atomic E-state index is 14.3. The first-order chi connectivity index (χ1) is 12.0. The van der Waals surface area contributed by atoms with Crippen LogP contribution in [0.2, 0.25) is 0 Å². The Morgan fingerprint density at radius 3 is 2.84 bits per heavy atom. The lowest BCUT2D eigenvalue weighted by Crippen LogP contribution is -2.21. The highest BCUT2D eigenvalue weighted by Crippen LogP contribution is 2.49. The van der Waals surface area contributed by atoms with E-state index in [-0.39, 0.29) is 29.3 Å². The van der Waals surface area contributed by atoms with E-state index in [1.807, 2.05) is 25.1 Å². The Labute approximate surface area is 145 Å². The fraction of sp³-hybridized carbons (Fsp3) is 0.300. The molecule has 1 heterocycles. The van der Waals surface area contributed by atoms with Gasteiger partial charge in [-0.25, -0.2) is 4.39 Å². The minimum atomic E-state index is -0.526. The minimum Gasteiger partial charge on any atom is -0.326 e. The van der Waals surface area contributed by atoms with Crippen molar-refractivity contribution in [3.8, 4) is 0 Å². The van der Waals surface area contributed by atoms with E-state index in [4.69, 9.17) is 0 Å². The van der Waals surface area contributed by atoms with Gasteiger partial charge in [-0.1, -0.05) is 24.3 Å². The number of benzene rings is 2. The van der Waals surface area contributed by atoms with Crippen LogP contribution in [0.1, 0.15) is 35.4 Å². The third kappa shape index (κ3) is 3.02. The number of rotatable bonds is 3. The van der Waals surface area contributed by atoms with E-state index < -0.39 is 5.82 Å². The second-order valence-electron chi connectivity index (χ2n) is 6.83. The predicted octanol–water partition coefficient (Wildman–Crippen LogP) is 3.76. The average Bonchev–Trinajstić information content (AvgIpc) is 3.37. The molecule has 4 nitrogen and oxygen atoms in total. The molecule has 0 saturated heterocycles. The molecule has 2 aromatic carbocycles. The van der Waals surface area contributed by atoms with Crippen LogP contribution in [0.25, 0.3) is 0 Å². The van der Waals surface area contributed by atoms with E-state index in [2.05, 4.69) is 16.7 Å². The van der Waals surface area contributed by atoms with Crippen LogP contribution in [0.15, 0.2) is 36.4 Å². The fourth-order valence-corrected chi connectivity index (χ4v) is 3.55. The van der Waals surface area contributed by atoms with Crippen molar-refractivity contribution in [1.29, 1.82) is 0 Å². The van der Waals surface area contributed by atoms with Crippen molar-refractivity contribution >= 4 is 23.2 Å². The van der Waals surface area contributed by atoms with Gasteiger partial charge in [-0.15, -0.1) is 0 Å². The summed E-state index contributed by atoms with van der Waals surface area (Å²) in [5.41, 5.74) is 3.91. The molecule has 0 unspecified atom stereocenters. The van der Waals surface area contributed by atoms with E-state index in [1.54, 1.807) is 6.07 Å². The molecule has 2 atom stereocenters. The van der Waals surface area contributed by atoms with Gasteiger partial charge in [0.05, 0.1) is 5.69 Å². The highest BCUT2D eigenvalue weighted by molar-refractivity contribution is 5.97. The summed E-state index contributed by atoms with van der Waals surface area (Å²) in [7, 11) is 0. The Kier molecular flexibility index (Phi) is 3.79. The zero-order valence-electron chi connectivity index (χ0n) is 13.9. The summed E-state index contributed by atoms with van der Waals surface area (Å²) in [5.74, 6) is -0.686. The first kappa shape index (κ1) is 15.8. The number of hydrogen-bond acceptors (Lipinski definition) is 2. The third-order valence-corrected chi connectivity index (χ3v) is 5.06. The smallest absolute Gasteiger partial charge is 0.228 e. The number of hydrogen-bond donors (Lipinski definition) is 2. The molecule has 5 heteroatoms. The van der Waals surface area contributed by atoms with Gasteiger partial charge in [0.2, 0.25) is 11.8 Å². The number of halogens is 1. The highest BCUT2D eigenvalue weighted by Gasteiger charge is 2.44. The normalized spacial score (nSPS) is 21.3. The van der Waals surface area contributed by atoms with Crippen molar-refractivity contribution in [2.45, 2.75) is 32.1 Å². The second-order valence-corrected chi connectivity index (χ2v) is 6.83. The Morgan fingerprint density at radius 1 is 1.24 bits per heavy atom. The van der Waals surface area contributed by atoms with Crippen LogP contribution in [-0.4, -0.2) is 11.8 Å². The Bertz CT molecular complexity index is 878. The van der Waals surface area contributed by atoms with Crippen molar-refractivity contribution in [1.82, 2.24) is 0 Å². The van der Waals surface area contributed by atoms with Crippen molar-refractivity contribution in [2.24, 2.45) is 5.92 Å². The topological polar surface area (TPSA) is 58.2 Å². The van der Waals surface area contributed by atoms with Crippen molar-refractivity contribution in [2.75, 3.05) is 10.6 Å². The molecular formula is C20H19FN2O2. The summed E-state index contributed by atoms with van der Waals surface area (Å²) >= 11 is 0. The van der Waals surface area contributed by atoms with Gasteiger partial charge in [-0.05, 0) is 54.5 Å². The van der Waals surface area contributed by atoms with Crippen molar-refractivity contribution < 1.29 is 14.0 Å². The second kappa shape index (κ2) is 5.99. The van der Waals surface area contributed by atoms with Gasteiger partial charge in [0, 0.05) is 18.0 Å².